The van der Waals surface area contributed by atoms with Crippen molar-refractivity contribution >= 4 is 5.91 Å². The minimum absolute atomic E-state index is 0.0917. The second-order valence-electron chi connectivity index (χ2n) is 5.16. The molecule has 2 rings (SSSR count). The number of benzene rings is 1. The van der Waals surface area contributed by atoms with Crippen molar-refractivity contribution in [2.45, 2.75) is 25.4 Å². The molecule has 19 heavy (non-hydrogen) atoms. The number of amides is 1. The third kappa shape index (κ3) is 4.65. The molecule has 0 saturated carbocycles. The van der Waals surface area contributed by atoms with Gasteiger partial charge in [0.2, 0.25) is 5.91 Å². The third-order valence-electron chi connectivity index (χ3n) is 3.46. The van der Waals surface area contributed by atoms with Gasteiger partial charge >= 0.3 is 0 Å². The molecule has 104 valence electrons. The highest BCUT2D eigenvalue weighted by atomic mass is 16.1. The first-order valence-corrected chi connectivity index (χ1v) is 6.98. The maximum absolute atomic E-state index is 11.6. The summed E-state index contributed by atoms with van der Waals surface area (Å²) in [6, 6.07) is 10.8. The van der Waals surface area contributed by atoms with Crippen molar-refractivity contribution in [3.8, 4) is 0 Å². The van der Waals surface area contributed by atoms with Crippen molar-refractivity contribution < 1.29 is 4.79 Å². The highest BCUT2D eigenvalue weighted by molar-refractivity contribution is 5.78. The van der Waals surface area contributed by atoms with Gasteiger partial charge in [-0.2, -0.15) is 0 Å². The Bertz CT molecular complexity index is 394. The lowest BCUT2D eigenvalue weighted by molar-refractivity contribution is -0.121. The summed E-state index contributed by atoms with van der Waals surface area (Å²) in [5.41, 5.74) is 1.34. The predicted molar refractivity (Wildman–Crippen MR) is 76.8 cm³/mol. The molecule has 4 nitrogen and oxygen atoms in total. The van der Waals surface area contributed by atoms with Crippen molar-refractivity contribution in [1.82, 2.24) is 15.5 Å². The Labute approximate surface area is 115 Å². The van der Waals surface area contributed by atoms with Crippen LogP contribution in [0.3, 0.4) is 0 Å². The van der Waals surface area contributed by atoms with Gasteiger partial charge in [-0.25, -0.2) is 0 Å². The number of rotatable bonds is 5. The number of likely N-dealkylation sites (N-methyl/N-ethyl adjacent to an activating group) is 1. The van der Waals surface area contributed by atoms with Crippen LogP contribution in [-0.4, -0.2) is 43.5 Å². The number of nitrogens with zero attached hydrogens (tertiary/aromatic N) is 1. The molecule has 4 heteroatoms. The first kappa shape index (κ1) is 14.0. The fourth-order valence-corrected chi connectivity index (χ4v) is 2.60. The fraction of sp³-hybridized carbons (Fsp3) is 0.533. The maximum atomic E-state index is 11.6. The molecule has 1 saturated heterocycles. The summed E-state index contributed by atoms with van der Waals surface area (Å²) in [5.74, 6) is 0.0917. The van der Waals surface area contributed by atoms with Crippen LogP contribution in [0.15, 0.2) is 30.3 Å². The zero-order valence-corrected chi connectivity index (χ0v) is 11.6. The van der Waals surface area contributed by atoms with Crippen LogP contribution in [0.1, 0.15) is 18.4 Å². The van der Waals surface area contributed by atoms with Gasteiger partial charge in [0, 0.05) is 19.1 Å². The number of hydrogen-bond donors (Lipinski definition) is 2. The molecule has 0 radical (unpaired) electrons. The topological polar surface area (TPSA) is 44.4 Å². The average Bonchev–Trinajstić information content (AvgIpc) is 2.40. The van der Waals surface area contributed by atoms with E-state index >= 15 is 0 Å². The highest BCUT2D eigenvalue weighted by Gasteiger charge is 2.20. The number of carbonyl (C=O) groups excluding carboxylic acids is 1. The molecule has 1 aromatic rings. The largest absolute Gasteiger partial charge is 0.351 e. The highest BCUT2D eigenvalue weighted by Crippen LogP contribution is 2.13. The second-order valence-corrected chi connectivity index (χ2v) is 5.16. The van der Waals surface area contributed by atoms with E-state index in [1.807, 2.05) is 6.07 Å². The van der Waals surface area contributed by atoms with Gasteiger partial charge in [-0.3, -0.25) is 9.69 Å². The van der Waals surface area contributed by atoms with Crippen molar-refractivity contribution in [2.75, 3.05) is 26.7 Å². The molecule has 1 aliphatic rings. The second kappa shape index (κ2) is 7.26. The molecule has 2 N–H and O–H groups in total. The molecule has 1 aromatic carbocycles. The van der Waals surface area contributed by atoms with Crippen LogP contribution in [0.4, 0.5) is 0 Å². The minimum atomic E-state index is 0.0917. The number of nitrogens with one attached hydrogen (secondary N) is 2. The van der Waals surface area contributed by atoms with Gasteiger partial charge in [-0.15, -0.1) is 0 Å². The maximum Gasteiger partial charge on any atom is 0.234 e. The minimum Gasteiger partial charge on any atom is -0.351 e. The standard InChI is InChI=1S/C15H23N3O/c1-16-10-15(19)17-14-8-5-9-18(12-14)11-13-6-3-2-4-7-13/h2-4,6-7,14,16H,5,8-12H2,1H3,(H,17,19). The van der Waals surface area contributed by atoms with Crippen LogP contribution in [-0.2, 0) is 11.3 Å². The fourth-order valence-electron chi connectivity index (χ4n) is 2.60. The van der Waals surface area contributed by atoms with E-state index in [2.05, 4.69) is 39.8 Å². The van der Waals surface area contributed by atoms with Gasteiger partial charge < -0.3 is 10.6 Å². The Kier molecular flexibility index (Phi) is 5.36. The van der Waals surface area contributed by atoms with Crippen LogP contribution in [0.25, 0.3) is 0 Å². The van der Waals surface area contributed by atoms with Gasteiger partial charge in [0.05, 0.1) is 6.54 Å². The Morgan fingerprint density at radius 1 is 1.37 bits per heavy atom. The number of likely N-dealkylation sites (tertiary alicyclic amines) is 1. The van der Waals surface area contributed by atoms with Crippen molar-refractivity contribution in [3.05, 3.63) is 35.9 Å². The molecule has 1 fully saturated rings. The van der Waals surface area contributed by atoms with Crippen LogP contribution in [0, 0.1) is 0 Å². The number of piperidine rings is 1. The van der Waals surface area contributed by atoms with Crippen molar-refractivity contribution in [1.29, 1.82) is 0 Å². The molecule has 0 spiro atoms. The summed E-state index contributed by atoms with van der Waals surface area (Å²) in [7, 11) is 1.79. The molecule has 1 unspecified atom stereocenters. The van der Waals surface area contributed by atoms with Crippen LogP contribution < -0.4 is 10.6 Å². The SMILES string of the molecule is CNCC(=O)NC1CCCN(Cc2ccccc2)C1. The molecule has 0 bridgehead atoms. The third-order valence-corrected chi connectivity index (χ3v) is 3.46. The van der Waals surface area contributed by atoms with E-state index in [0.29, 0.717) is 12.6 Å². The van der Waals surface area contributed by atoms with E-state index in [4.69, 9.17) is 0 Å². The van der Waals surface area contributed by atoms with Crippen LogP contribution in [0.2, 0.25) is 0 Å². The van der Waals surface area contributed by atoms with E-state index in [0.717, 1.165) is 32.5 Å². The van der Waals surface area contributed by atoms with Gasteiger partial charge in [0.1, 0.15) is 0 Å². The van der Waals surface area contributed by atoms with E-state index in [1.165, 1.54) is 5.56 Å². The average molecular weight is 261 g/mol. The molecular weight excluding hydrogens is 238 g/mol. The Morgan fingerprint density at radius 2 is 2.16 bits per heavy atom. The predicted octanol–water partition coefficient (Wildman–Crippen LogP) is 0.987. The zero-order valence-electron chi connectivity index (χ0n) is 11.6. The lowest BCUT2D eigenvalue weighted by Crippen LogP contribution is -2.49. The molecule has 0 aromatic heterocycles. The summed E-state index contributed by atoms with van der Waals surface area (Å²) in [6.07, 6.45) is 2.23. The van der Waals surface area contributed by atoms with Gasteiger partial charge in [0.15, 0.2) is 0 Å². The van der Waals surface area contributed by atoms with Gasteiger partial charge in [-0.1, -0.05) is 30.3 Å². The Hall–Kier alpha value is -1.39. The summed E-state index contributed by atoms with van der Waals surface area (Å²) in [4.78, 5) is 14.0. The molecule has 1 heterocycles. The number of hydrogen-bond acceptors (Lipinski definition) is 3. The first-order chi connectivity index (χ1) is 9.28. The summed E-state index contributed by atoms with van der Waals surface area (Å²) in [5, 5.41) is 5.97. The summed E-state index contributed by atoms with van der Waals surface area (Å²) < 4.78 is 0. The van der Waals surface area contributed by atoms with Gasteiger partial charge in [0.25, 0.3) is 0 Å². The lowest BCUT2D eigenvalue weighted by atomic mass is 10.0. The monoisotopic (exact) mass is 261 g/mol. The Morgan fingerprint density at radius 3 is 2.89 bits per heavy atom. The van der Waals surface area contributed by atoms with E-state index in [9.17, 15) is 4.79 Å². The molecule has 1 amide bonds. The van der Waals surface area contributed by atoms with Gasteiger partial charge in [-0.05, 0) is 32.0 Å². The smallest absolute Gasteiger partial charge is 0.234 e. The summed E-state index contributed by atoms with van der Waals surface area (Å²) >= 11 is 0. The Balaban J connectivity index is 1.82. The zero-order chi connectivity index (χ0) is 13.5. The first-order valence-electron chi connectivity index (χ1n) is 6.98. The van der Waals surface area contributed by atoms with Crippen molar-refractivity contribution in [3.63, 3.8) is 0 Å². The summed E-state index contributed by atoms with van der Waals surface area (Å²) in [6.45, 7) is 3.44. The van der Waals surface area contributed by atoms with E-state index in [1.54, 1.807) is 7.05 Å². The molecule has 1 atom stereocenters. The molecule has 1 aliphatic heterocycles. The normalized spacial score (nSPS) is 20.2. The molecule has 0 aliphatic carbocycles. The van der Waals surface area contributed by atoms with Crippen LogP contribution >= 0.6 is 0 Å². The number of carbonyl (C=O) groups is 1. The quantitative estimate of drug-likeness (QED) is 0.830. The van der Waals surface area contributed by atoms with E-state index in [-0.39, 0.29) is 5.91 Å². The van der Waals surface area contributed by atoms with Crippen LogP contribution in [0.5, 0.6) is 0 Å². The molecular formula is C15H23N3O. The van der Waals surface area contributed by atoms with Crippen molar-refractivity contribution in [2.24, 2.45) is 0 Å². The van der Waals surface area contributed by atoms with E-state index < -0.39 is 0 Å². The lowest BCUT2D eigenvalue weighted by Gasteiger charge is -2.33.